The number of nitrogens with one attached hydrogen (secondary N) is 1. The Bertz CT molecular complexity index is 587. The standard InChI is InChI=1S/C15H18ClN3O/c1-4-20-15-10(2)14(17-9-18-15)19-13-8-6-5-7-12(13)11(3)16/h5-9,11H,4H2,1-3H3,(H,17,18,19). The highest BCUT2D eigenvalue weighted by Gasteiger charge is 2.11. The van der Waals surface area contributed by atoms with E-state index in [0.29, 0.717) is 12.5 Å². The Morgan fingerprint density at radius 3 is 2.75 bits per heavy atom. The molecule has 5 heteroatoms. The third-order valence-corrected chi connectivity index (χ3v) is 3.20. The van der Waals surface area contributed by atoms with Gasteiger partial charge >= 0.3 is 0 Å². The van der Waals surface area contributed by atoms with Crippen molar-refractivity contribution in [2.75, 3.05) is 11.9 Å². The Hall–Kier alpha value is -1.81. The lowest BCUT2D eigenvalue weighted by atomic mass is 10.1. The summed E-state index contributed by atoms with van der Waals surface area (Å²) in [6, 6.07) is 7.92. The van der Waals surface area contributed by atoms with Crippen molar-refractivity contribution < 1.29 is 4.74 Å². The van der Waals surface area contributed by atoms with Crippen molar-refractivity contribution in [1.82, 2.24) is 9.97 Å². The van der Waals surface area contributed by atoms with Crippen molar-refractivity contribution in [3.63, 3.8) is 0 Å². The zero-order chi connectivity index (χ0) is 14.5. The van der Waals surface area contributed by atoms with Crippen LogP contribution >= 0.6 is 11.6 Å². The highest BCUT2D eigenvalue weighted by molar-refractivity contribution is 6.21. The number of para-hydroxylation sites is 1. The maximum atomic E-state index is 6.20. The molecule has 0 spiro atoms. The third-order valence-electron chi connectivity index (χ3n) is 2.96. The molecule has 4 nitrogen and oxygen atoms in total. The first-order valence-electron chi connectivity index (χ1n) is 6.58. The van der Waals surface area contributed by atoms with Crippen LogP contribution in [0, 0.1) is 6.92 Å². The van der Waals surface area contributed by atoms with Crippen molar-refractivity contribution in [1.29, 1.82) is 0 Å². The molecule has 1 aromatic carbocycles. The molecular formula is C15H18ClN3O. The van der Waals surface area contributed by atoms with E-state index in [1.54, 1.807) is 0 Å². The van der Waals surface area contributed by atoms with Gasteiger partial charge in [0.2, 0.25) is 5.88 Å². The second-order valence-corrected chi connectivity index (χ2v) is 5.07. The molecule has 0 aliphatic carbocycles. The van der Waals surface area contributed by atoms with Crippen LogP contribution in [-0.2, 0) is 0 Å². The molecule has 0 aliphatic heterocycles. The SMILES string of the molecule is CCOc1ncnc(Nc2ccccc2C(C)Cl)c1C. The lowest BCUT2D eigenvalue weighted by Gasteiger charge is -2.15. The number of halogens is 1. The van der Waals surface area contributed by atoms with Gasteiger partial charge in [-0.2, -0.15) is 0 Å². The van der Waals surface area contributed by atoms with Gasteiger partial charge in [0.15, 0.2) is 0 Å². The highest BCUT2D eigenvalue weighted by atomic mass is 35.5. The van der Waals surface area contributed by atoms with E-state index in [-0.39, 0.29) is 5.38 Å². The zero-order valence-electron chi connectivity index (χ0n) is 11.9. The number of ether oxygens (including phenoxy) is 1. The fourth-order valence-corrected chi connectivity index (χ4v) is 2.12. The first kappa shape index (κ1) is 14.6. The van der Waals surface area contributed by atoms with Crippen molar-refractivity contribution in [3.8, 4) is 5.88 Å². The molecular weight excluding hydrogens is 274 g/mol. The molecule has 1 aromatic heterocycles. The molecule has 0 radical (unpaired) electrons. The maximum Gasteiger partial charge on any atom is 0.221 e. The maximum absolute atomic E-state index is 6.20. The first-order chi connectivity index (χ1) is 9.63. The van der Waals surface area contributed by atoms with E-state index in [1.165, 1.54) is 6.33 Å². The summed E-state index contributed by atoms with van der Waals surface area (Å²) in [4.78, 5) is 8.40. The molecule has 0 amide bonds. The lowest BCUT2D eigenvalue weighted by Crippen LogP contribution is -2.04. The number of anilines is 2. The van der Waals surface area contributed by atoms with E-state index in [4.69, 9.17) is 16.3 Å². The monoisotopic (exact) mass is 291 g/mol. The summed E-state index contributed by atoms with van der Waals surface area (Å²) in [5.41, 5.74) is 2.86. The Labute approximate surface area is 124 Å². The Morgan fingerprint density at radius 2 is 2.05 bits per heavy atom. The average molecular weight is 292 g/mol. The number of nitrogens with zero attached hydrogens (tertiary/aromatic N) is 2. The quantitative estimate of drug-likeness (QED) is 0.838. The summed E-state index contributed by atoms with van der Waals surface area (Å²) in [5, 5.41) is 3.23. The van der Waals surface area contributed by atoms with E-state index in [1.807, 2.05) is 45.0 Å². The van der Waals surface area contributed by atoms with Crippen molar-refractivity contribution in [3.05, 3.63) is 41.7 Å². The van der Waals surface area contributed by atoms with Crippen LogP contribution < -0.4 is 10.1 Å². The van der Waals surface area contributed by atoms with Crippen LogP contribution in [0.4, 0.5) is 11.5 Å². The van der Waals surface area contributed by atoms with E-state index in [9.17, 15) is 0 Å². The second-order valence-electron chi connectivity index (χ2n) is 4.41. The van der Waals surface area contributed by atoms with Gasteiger partial charge < -0.3 is 10.1 Å². The topological polar surface area (TPSA) is 47.0 Å². The molecule has 0 saturated heterocycles. The van der Waals surface area contributed by atoms with E-state index in [2.05, 4.69) is 15.3 Å². The molecule has 0 fully saturated rings. The minimum absolute atomic E-state index is 0.0767. The van der Waals surface area contributed by atoms with Crippen LogP contribution in [0.2, 0.25) is 0 Å². The number of aromatic nitrogens is 2. The molecule has 0 saturated carbocycles. The minimum atomic E-state index is -0.0767. The minimum Gasteiger partial charge on any atom is -0.478 e. The highest BCUT2D eigenvalue weighted by Crippen LogP contribution is 2.30. The fourth-order valence-electron chi connectivity index (χ4n) is 1.93. The van der Waals surface area contributed by atoms with Gasteiger partial charge in [-0.15, -0.1) is 11.6 Å². The van der Waals surface area contributed by atoms with Crippen LogP contribution in [0.25, 0.3) is 0 Å². The molecule has 1 N–H and O–H groups in total. The average Bonchev–Trinajstić information content (AvgIpc) is 2.44. The molecule has 20 heavy (non-hydrogen) atoms. The van der Waals surface area contributed by atoms with Gasteiger partial charge in [-0.05, 0) is 32.4 Å². The normalized spacial score (nSPS) is 12.0. The molecule has 1 unspecified atom stereocenters. The van der Waals surface area contributed by atoms with Crippen molar-refractivity contribution in [2.24, 2.45) is 0 Å². The van der Waals surface area contributed by atoms with Crippen LogP contribution in [0.3, 0.4) is 0 Å². The molecule has 2 rings (SSSR count). The molecule has 0 bridgehead atoms. The van der Waals surface area contributed by atoms with Gasteiger partial charge in [0.25, 0.3) is 0 Å². The predicted molar refractivity (Wildman–Crippen MR) is 81.9 cm³/mol. The summed E-state index contributed by atoms with van der Waals surface area (Å²) in [6.45, 7) is 6.38. The Morgan fingerprint density at radius 1 is 1.30 bits per heavy atom. The Balaban J connectivity index is 2.33. The largest absolute Gasteiger partial charge is 0.478 e. The van der Waals surface area contributed by atoms with Gasteiger partial charge in [0, 0.05) is 5.69 Å². The number of hydrogen-bond acceptors (Lipinski definition) is 4. The Kier molecular flexibility index (Phi) is 4.79. The van der Waals surface area contributed by atoms with E-state index < -0.39 is 0 Å². The van der Waals surface area contributed by atoms with Gasteiger partial charge in [0.05, 0.1) is 17.5 Å². The number of alkyl halides is 1. The smallest absolute Gasteiger partial charge is 0.221 e. The van der Waals surface area contributed by atoms with Crippen LogP contribution in [0.1, 0.15) is 30.4 Å². The van der Waals surface area contributed by atoms with Gasteiger partial charge in [0.1, 0.15) is 12.1 Å². The number of hydrogen-bond donors (Lipinski definition) is 1. The van der Waals surface area contributed by atoms with Crippen LogP contribution in [-0.4, -0.2) is 16.6 Å². The summed E-state index contributed by atoms with van der Waals surface area (Å²) in [6.07, 6.45) is 1.49. The first-order valence-corrected chi connectivity index (χ1v) is 7.01. The van der Waals surface area contributed by atoms with Gasteiger partial charge in [-0.25, -0.2) is 9.97 Å². The molecule has 1 atom stereocenters. The number of rotatable bonds is 5. The van der Waals surface area contributed by atoms with Gasteiger partial charge in [-0.1, -0.05) is 18.2 Å². The van der Waals surface area contributed by atoms with Crippen LogP contribution in [0.15, 0.2) is 30.6 Å². The van der Waals surface area contributed by atoms with E-state index >= 15 is 0 Å². The second kappa shape index (κ2) is 6.57. The molecule has 2 aromatic rings. The molecule has 0 aliphatic rings. The molecule has 106 valence electrons. The predicted octanol–water partition coefficient (Wildman–Crippen LogP) is 4.23. The number of benzene rings is 1. The third kappa shape index (κ3) is 3.20. The zero-order valence-corrected chi connectivity index (χ0v) is 12.6. The van der Waals surface area contributed by atoms with Crippen molar-refractivity contribution in [2.45, 2.75) is 26.1 Å². The summed E-state index contributed by atoms with van der Waals surface area (Å²) in [5.74, 6) is 1.33. The van der Waals surface area contributed by atoms with Gasteiger partial charge in [-0.3, -0.25) is 0 Å². The lowest BCUT2D eigenvalue weighted by molar-refractivity contribution is 0.324. The summed E-state index contributed by atoms with van der Waals surface area (Å²) < 4.78 is 5.48. The summed E-state index contributed by atoms with van der Waals surface area (Å²) >= 11 is 6.20. The van der Waals surface area contributed by atoms with Crippen molar-refractivity contribution >= 4 is 23.1 Å². The summed E-state index contributed by atoms with van der Waals surface area (Å²) in [7, 11) is 0. The van der Waals surface area contributed by atoms with Crippen LogP contribution in [0.5, 0.6) is 5.88 Å². The van der Waals surface area contributed by atoms with E-state index in [0.717, 1.165) is 22.6 Å². The molecule has 1 heterocycles. The fraction of sp³-hybridized carbons (Fsp3) is 0.333.